The molecule has 0 spiro atoms. The molecular formula is C10H13NO3. The van der Waals surface area contributed by atoms with E-state index in [4.69, 9.17) is 9.84 Å². The van der Waals surface area contributed by atoms with Crippen molar-refractivity contribution in [3.05, 3.63) is 23.4 Å². The molecule has 0 saturated heterocycles. The first-order valence-electron chi connectivity index (χ1n) is 4.49. The molecule has 0 aliphatic rings. The number of aromatic carboxylic acids is 1. The number of hydrogen-bond acceptors (Lipinski definition) is 3. The Bertz CT molecular complexity index is 336. The number of carboxylic acid groups (broad SMARTS) is 1. The molecular weight excluding hydrogens is 182 g/mol. The third-order valence-electron chi connectivity index (χ3n) is 1.67. The van der Waals surface area contributed by atoms with Gasteiger partial charge in [0, 0.05) is 5.69 Å². The molecule has 0 aromatic carbocycles. The third-order valence-corrected chi connectivity index (χ3v) is 1.67. The maximum atomic E-state index is 10.8. The van der Waals surface area contributed by atoms with Crippen LogP contribution in [0.1, 0.15) is 29.4 Å². The summed E-state index contributed by atoms with van der Waals surface area (Å²) in [5.41, 5.74) is 0.866. The number of carboxylic acids is 1. The van der Waals surface area contributed by atoms with E-state index in [1.165, 1.54) is 6.07 Å². The number of hydrogen-bond donors (Lipinski definition) is 1. The molecule has 14 heavy (non-hydrogen) atoms. The molecule has 4 heteroatoms. The van der Waals surface area contributed by atoms with Crippen LogP contribution in [0.25, 0.3) is 0 Å². The van der Waals surface area contributed by atoms with Gasteiger partial charge < -0.3 is 9.84 Å². The van der Waals surface area contributed by atoms with Gasteiger partial charge in [0.2, 0.25) is 5.88 Å². The fourth-order valence-electron chi connectivity index (χ4n) is 1.00. The Morgan fingerprint density at radius 3 is 2.86 bits per heavy atom. The molecule has 0 unspecified atom stereocenters. The molecule has 0 atom stereocenters. The minimum absolute atomic E-state index is 0.115. The Labute approximate surface area is 82.5 Å². The molecule has 1 rings (SSSR count). The lowest BCUT2D eigenvalue weighted by atomic mass is 10.2. The highest BCUT2D eigenvalue weighted by Crippen LogP contribution is 2.16. The summed E-state index contributed by atoms with van der Waals surface area (Å²) in [6.45, 7) is 4.23. The Balaban J connectivity index is 2.97. The van der Waals surface area contributed by atoms with Crippen LogP contribution < -0.4 is 4.74 Å². The van der Waals surface area contributed by atoms with Crippen LogP contribution in [0, 0.1) is 6.92 Å². The fraction of sp³-hybridized carbons (Fsp3) is 0.400. The van der Waals surface area contributed by atoms with E-state index in [-0.39, 0.29) is 11.4 Å². The number of aryl methyl sites for hydroxylation is 1. The standard InChI is InChI=1S/C10H13NO3/c1-3-6-14-9-8(10(12)13)5-4-7(2)11-9/h4-5H,3,6H2,1-2H3,(H,12,13). The van der Waals surface area contributed by atoms with Crippen molar-refractivity contribution in [3.63, 3.8) is 0 Å². The lowest BCUT2D eigenvalue weighted by Crippen LogP contribution is -2.06. The average Bonchev–Trinajstić information content (AvgIpc) is 2.14. The lowest BCUT2D eigenvalue weighted by molar-refractivity contribution is 0.0691. The molecule has 0 bridgehead atoms. The van der Waals surface area contributed by atoms with Crippen molar-refractivity contribution in [1.82, 2.24) is 4.98 Å². The van der Waals surface area contributed by atoms with Gasteiger partial charge in [0.25, 0.3) is 0 Å². The van der Waals surface area contributed by atoms with Gasteiger partial charge in [-0.25, -0.2) is 9.78 Å². The highest BCUT2D eigenvalue weighted by molar-refractivity contribution is 5.90. The van der Waals surface area contributed by atoms with Crippen LogP contribution >= 0.6 is 0 Å². The number of nitrogens with zero attached hydrogens (tertiary/aromatic N) is 1. The summed E-state index contributed by atoms with van der Waals surface area (Å²) in [4.78, 5) is 14.8. The molecule has 0 saturated carbocycles. The van der Waals surface area contributed by atoms with E-state index in [9.17, 15) is 4.79 Å². The molecule has 1 aromatic rings. The van der Waals surface area contributed by atoms with Gasteiger partial charge in [-0.2, -0.15) is 0 Å². The Morgan fingerprint density at radius 2 is 2.29 bits per heavy atom. The Hall–Kier alpha value is -1.58. The molecule has 1 aromatic heterocycles. The minimum atomic E-state index is -1.01. The van der Waals surface area contributed by atoms with Gasteiger partial charge in [0.05, 0.1) is 6.61 Å². The van der Waals surface area contributed by atoms with Gasteiger partial charge in [0.15, 0.2) is 0 Å². The first-order chi connectivity index (χ1) is 6.65. The van der Waals surface area contributed by atoms with Crippen LogP contribution in [0.15, 0.2) is 12.1 Å². The maximum absolute atomic E-state index is 10.8. The molecule has 0 aliphatic heterocycles. The lowest BCUT2D eigenvalue weighted by Gasteiger charge is -2.07. The number of ether oxygens (including phenoxy) is 1. The van der Waals surface area contributed by atoms with Gasteiger partial charge in [-0.05, 0) is 25.5 Å². The normalized spacial score (nSPS) is 9.86. The first kappa shape index (κ1) is 10.5. The van der Waals surface area contributed by atoms with Crippen LogP contribution in [-0.2, 0) is 0 Å². The topological polar surface area (TPSA) is 59.4 Å². The van der Waals surface area contributed by atoms with Crippen molar-refractivity contribution in [1.29, 1.82) is 0 Å². The second-order valence-corrected chi connectivity index (χ2v) is 2.96. The van der Waals surface area contributed by atoms with Crippen molar-refractivity contribution < 1.29 is 14.6 Å². The van der Waals surface area contributed by atoms with E-state index in [1.807, 2.05) is 6.92 Å². The molecule has 0 radical (unpaired) electrons. The predicted molar refractivity (Wildman–Crippen MR) is 51.7 cm³/mol. The Morgan fingerprint density at radius 1 is 1.57 bits per heavy atom. The number of pyridine rings is 1. The number of rotatable bonds is 4. The van der Waals surface area contributed by atoms with Crippen molar-refractivity contribution in [2.75, 3.05) is 6.61 Å². The molecule has 0 aliphatic carbocycles. The highest BCUT2D eigenvalue weighted by atomic mass is 16.5. The van der Waals surface area contributed by atoms with E-state index in [2.05, 4.69) is 4.98 Å². The van der Waals surface area contributed by atoms with Gasteiger partial charge in [-0.3, -0.25) is 0 Å². The zero-order chi connectivity index (χ0) is 10.6. The average molecular weight is 195 g/mol. The maximum Gasteiger partial charge on any atom is 0.341 e. The molecule has 4 nitrogen and oxygen atoms in total. The summed E-state index contributed by atoms with van der Waals surface area (Å²) in [5, 5.41) is 8.84. The summed E-state index contributed by atoms with van der Waals surface area (Å²) >= 11 is 0. The molecule has 76 valence electrons. The van der Waals surface area contributed by atoms with Gasteiger partial charge in [-0.1, -0.05) is 6.92 Å². The van der Waals surface area contributed by atoms with Crippen LogP contribution in [0.5, 0.6) is 5.88 Å². The van der Waals surface area contributed by atoms with Gasteiger partial charge in [0.1, 0.15) is 5.56 Å². The third kappa shape index (κ3) is 2.45. The number of aromatic nitrogens is 1. The first-order valence-corrected chi connectivity index (χ1v) is 4.49. The van der Waals surface area contributed by atoms with Crippen molar-refractivity contribution in [2.24, 2.45) is 0 Å². The van der Waals surface area contributed by atoms with Crippen LogP contribution in [-0.4, -0.2) is 22.7 Å². The molecule has 1 heterocycles. The van der Waals surface area contributed by atoms with Gasteiger partial charge >= 0.3 is 5.97 Å². The second kappa shape index (κ2) is 4.60. The summed E-state index contributed by atoms with van der Waals surface area (Å²) in [6, 6.07) is 3.16. The van der Waals surface area contributed by atoms with E-state index < -0.39 is 5.97 Å². The van der Waals surface area contributed by atoms with Crippen LogP contribution in [0.4, 0.5) is 0 Å². The van der Waals surface area contributed by atoms with E-state index in [0.29, 0.717) is 6.61 Å². The summed E-state index contributed by atoms with van der Waals surface area (Å²) in [5.74, 6) is -0.803. The SMILES string of the molecule is CCCOc1nc(C)ccc1C(=O)O. The van der Waals surface area contributed by atoms with Gasteiger partial charge in [-0.15, -0.1) is 0 Å². The van der Waals surface area contributed by atoms with Crippen molar-refractivity contribution in [2.45, 2.75) is 20.3 Å². The molecule has 0 amide bonds. The predicted octanol–water partition coefficient (Wildman–Crippen LogP) is 1.88. The summed E-state index contributed by atoms with van der Waals surface area (Å²) in [6.07, 6.45) is 0.828. The quantitative estimate of drug-likeness (QED) is 0.796. The largest absolute Gasteiger partial charge is 0.477 e. The molecule has 1 N–H and O–H groups in total. The van der Waals surface area contributed by atoms with Crippen molar-refractivity contribution >= 4 is 5.97 Å². The fourth-order valence-corrected chi connectivity index (χ4v) is 1.00. The number of carbonyl (C=O) groups is 1. The zero-order valence-electron chi connectivity index (χ0n) is 8.28. The highest BCUT2D eigenvalue weighted by Gasteiger charge is 2.12. The van der Waals surface area contributed by atoms with Crippen LogP contribution in [0.2, 0.25) is 0 Å². The summed E-state index contributed by atoms with van der Waals surface area (Å²) < 4.78 is 5.24. The monoisotopic (exact) mass is 195 g/mol. The smallest absolute Gasteiger partial charge is 0.341 e. The minimum Gasteiger partial charge on any atom is -0.477 e. The van der Waals surface area contributed by atoms with E-state index in [0.717, 1.165) is 12.1 Å². The summed E-state index contributed by atoms with van der Waals surface area (Å²) in [7, 11) is 0. The Kier molecular flexibility index (Phi) is 3.45. The van der Waals surface area contributed by atoms with Crippen molar-refractivity contribution in [3.8, 4) is 5.88 Å². The van der Waals surface area contributed by atoms with E-state index >= 15 is 0 Å². The second-order valence-electron chi connectivity index (χ2n) is 2.96. The van der Waals surface area contributed by atoms with E-state index in [1.54, 1.807) is 13.0 Å². The molecule has 0 fully saturated rings. The van der Waals surface area contributed by atoms with Crippen LogP contribution in [0.3, 0.4) is 0 Å². The zero-order valence-corrected chi connectivity index (χ0v) is 8.28.